The molecule has 26 heavy (non-hydrogen) atoms. The van der Waals surface area contributed by atoms with Gasteiger partial charge in [0, 0.05) is 29.8 Å². The number of aryl methyl sites for hydroxylation is 1. The molecule has 0 unspecified atom stereocenters. The molecular weight excluding hydrogens is 330 g/mol. The van der Waals surface area contributed by atoms with Gasteiger partial charge in [0.2, 0.25) is 5.43 Å². The highest BCUT2D eigenvalue weighted by Crippen LogP contribution is 2.13. The number of hydrogen-bond acceptors (Lipinski definition) is 4. The second-order valence-corrected chi connectivity index (χ2v) is 5.82. The Morgan fingerprint density at radius 3 is 2.69 bits per heavy atom. The number of amides is 1. The van der Waals surface area contributed by atoms with Crippen molar-refractivity contribution >= 4 is 17.1 Å². The second-order valence-electron chi connectivity index (χ2n) is 5.82. The van der Waals surface area contributed by atoms with Crippen molar-refractivity contribution in [3.63, 3.8) is 0 Å². The number of rotatable bonds is 3. The zero-order valence-corrected chi connectivity index (χ0v) is 14.0. The zero-order chi connectivity index (χ0) is 18.1. The molecule has 3 heterocycles. The van der Waals surface area contributed by atoms with E-state index in [4.69, 9.17) is 0 Å². The predicted molar refractivity (Wildman–Crippen MR) is 97.7 cm³/mol. The van der Waals surface area contributed by atoms with Gasteiger partial charge < -0.3 is 5.32 Å². The molecule has 1 amide bonds. The van der Waals surface area contributed by atoms with Crippen LogP contribution in [-0.2, 0) is 0 Å². The van der Waals surface area contributed by atoms with Crippen molar-refractivity contribution in [2.24, 2.45) is 0 Å². The minimum Gasteiger partial charge on any atom is -0.320 e. The number of aromatic nitrogens is 4. The molecule has 0 aliphatic carbocycles. The summed E-state index contributed by atoms with van der Waals surface area (Å²) >= 11 is 0. The van der Waals surface area contributed by atoms with Gasteiger partial charge >= 0.3 is 0 Å². The quantitative estimate of drug-likeness (QED) is 0.618. The highest BCUT2D eigenvalue weighted by molar-refractivity contribution is 6.02. The average Bonchev–Trinajstić information content (AvgIpc) is 3.10. The number of benzene rings is 1. The predicted octanol–water partition coefficient (Wildman–Crippen LogP) is 2.44. The van der Waals surface area contributed by atoms with E-state index >= 15 is 0 Å². The fourth-order valence-electron chi connectivity index (χ4n) is 2.72. The van der Waals surface area contributed by atoms with E-state index in [1.54, 1.807) is 40.6 Å². The Morgan fingerprint density at radius 2 is 1.88 bits per heavy atom. The molecule has 0 aliphatic rings. The van der Waals surface area contributed by atoms with Crippen LogP contribution >= 0.6 is 0 Å². The standard InChI is InChI=1S/C19H15N5O2/c1-13-11-17(25)18(22-24(13)15-5-3-2-4-6-15)19(26)21-14-8-10-23-16(12-14)7-9-20-23/h2-12H,1H3,(H,21,26). The van der Waals surface area contributed by atoms with Crippen LogP contribution in [0.5, 0.6) is 0 Å². The van der Waals surface area contributed by atoms with Crippen LogP contribution < -0.4 is 10.7 Å². The van der Waals surface area contributed by atoms with Crippen molar-refractivity contribution in [2.75, 3.05) is 5.32 Å². The summed E-state index contributed by atoms with van der Waals surface area (Å²) in [7, 11) is 0. The largest absolute Gasteiger partial charge is 0.320 e. The first kappa shape index (κ1) is 15.8. The molecule has 1 N–H and O–H groups in total. The van der Waals surface area contributed by atoms with E-state index in [1.165, 1.54) is 6.07 Å². The Labute approximate surface area is 148 Å². The summed E-state index contributed by atoms with van der Waals surface area (Å²) in [5.74, 6) is -0.552. The van der Waals surface area contributed by atoms with Gasteiger partial charge in [-0.15, -0.1) is 0 Å². The molecule has 1 aromatic carbocycles. The van der Waals surface area contributed by atoms with Crippen LogP contribution in [0.15, 0.2) is 71.8 Å². The molecule has 0 spiro atoms. The summed E-state index contributed by atoms with van der Waals surface area (Å²) in [5, 5.41) is 11.1. The van der Waals surface area contributed by atoms with Gasteiger partial charge in [-0.3, -0.25) is 9.59 Å². The van der Waals surface area contributed by atoms with Gasteiger partial charge in [-0.05, 0) is 37.3 Å². The summed E-state index contributed by atoms with van der Waals surface area (Å²) in [4.78, 5) is 24.9. The lowest BCUT2D eigenvalue weighted by Crippen LogP contribution is -2.26. The molecule has 0 fully saturated rings. The van der Waals surface area contributed by atoms with E-state index in [-0.39, 0.29) is 5.69 Å². The molecule has 3 aromatic heterocycles. The third-order valence-corrected chi connectivity index (χ3v) is 3.98. The Balaban J connectivity index is 1.70. The number of fused-ring (bicyclic) bond motifs is 1. The fourth-order valence-corrected chi connectivity index (χ4v) is 2.72. The van der Waals surface area contributed by atoms with E-state index < -0.39 is 11.3 Å². The first-order valence-electron chi connectivity index (χ1n) is 8.03. The zero-order valence-electron chi connectivity index (χ0n) is 14.0. The SMILES string of the molecule is Cc1cc(=O)c(C(=O)Nc2ccn3nccc3c2)nn1-c1ccccc1. The molecule has 0 aliphatic heterocycles. The van der Waals surface area contributed by atoms with Crippen LogP contribution in [0, 0.1) is 6.92 Å². The molecular formula is C19H15N5O2. The van der Waals surface area contributed by atoms with Crippen LogP contribution in [0.1, 0.15) is 16.2 Å². The summed E-state index contributed by atoms with van der Waals surface area (Å²) in [5.41, 5.74) is 2.25. The van der Waals surface area contributed by atoms with Crippen LogP contribution in [0.4, 0.5) is 5.69 Å². The molecule has 4 rings (SSSR count). The number of carbonyl (C=O) groups is 1. The van der Waals surface area contributed by atoms with Gasteiger partial charge in [-0.2, -0.15) is 10.2 Å². The third-order valence-electron chi connectivity index (χ3n) is 3.98. The van der Waals surface area contributed by atoms with Crippen molar-refractivity contribution in [1.82, 2.24) is 19.4 Å². The topological polar surface area (TPSA) is 81.3 Å². The fraction of sp³-hybridized carbons (Fsp3) is 0.0526. The molecule has 4 aromatic rings. The third kappa shape index (κ3) is 2.86. The number of nitrogens with one attached hydrogen (secondary N) is 1. The maximum atomic E-state index is 12.6. The van der Waals surface area contributed by atoms with Crippen molar-refractivity contribution < 1.29 is 4.79 Å². The first-order valence-corrected chi connectivity index (χ1v) is 8.03. The molecule has 0 saturated heterocycles. The molecule has 0 radical (unpaired) electrons. The number of hydrogen-bond donors (Lipinski definition) is 1. The Kier molecular flexibility index (Phi) is 3.81. The van der Waals surface area contributed by atoms with E-state index in [0.717, 1.165) is 11.2 Å². The second kappa shape index (κ2) is 6.29. The van der Waals surface area contributed by atoms with Gasteiger partial charge in [-0.1, -0.05) is 18.2 Å². The van der Waals surface area contributed by atoms with Gasteiger partial charge in [0.1, 0.15) is 0 Å². The molecule has 0 bridgehead atoms. The molecule has 0 saturated carbocycles. The molecule has 7 nitrogen and oxygen atoms in total. The van der Waals surface area contributed by atoms with Crippen LogP contribution in [0.2, 0.25) is 0 Å². The van der Waals surface area contributed by atoms with Crippen molar-refractivity contribution in [3.05, 3.63) is 88.6 Å². The van der Waals surface area contributed by atoms with Crippen molar-refractivity contribution in [3.8, 4) is 5.69 Å². The van der Waals surface area contributed by atoms with E-state index in [9.17, 15) is 9.59 Å². The maximum Gasteiger partial charge on any atom is 0.280 e. The smallest absolute Gasteiger partial charge is 0.280 e. The lowest BCUT2D eigenvalue weighted by atomic mass is 10.2. The van der Waals surface area contributed by atoms with E-state index in [1.807, 2.05) is 36.4 Å². The van der Waals surface area contributed by atoms with Gasteiger partial charge in [0.15, 0.2) is 5.69 Å². The highest BCUT2D eigenvalue weighted by atomic mass is 16.2. The number of pyridine rings is 1. The van der Waals surface area contributed by atoms with Crippen molar-refractivity contribution in [2.45, 2.75) is 6.92 Å². The normalized spacial score (nSPS) is 10.8. The highest BCUT2D eigenvalue weighted by Gasteiger charge is 2.15. The maximum absolute atomic E-state index is 12.6. The summed E-state index contributed by atoms with van der Waals surface area (Å²) in [6.45, 7) is 1.77. The van der Waals surface area contributed by atoms with E-state index in [2.05, 4.69) is 15.5 Å². The Hall–Kier alpha value is -3.74. The monoisotopic (exact) mass is 345 g/mol. The molecule has 128 valence electrons. The van der Waals surface area contributed by atoms with Gasteiger partial charge in [0.25, 0.3) is 5.91 Å². The number of anilines is 1. The number of nitrogens with zero attached hydrogens (tertiary/aromatic N) is 4. The number of carbonyl (C=O) groups excluding carboxylic acids is 1. The van der Waals surface area contributed by atoms with Gasteiger partial charge in [0.05, 0.1) is 11.2 Å². The Morgan fingerprint density at radius 1 is 1.08 bits per heavy atom. The molecule has 0 atom stereocenters. The first-order chi connectivity index (χ1) is 12.6. The average molecular weight is 345 g/mol. The Bertz CT molecular complexity index is 1160. The summed E-state index contributed by atoms with van der Waals surface area (Å²) < 4.78 is 3.26. The summed E-state index contributed by atoms with van der Waals surface area (Å²) in [6.07, 6.45) is 3.40. The van der Waals surface area contributed by atoms with Gasteiger partial charge in [-0.25, -0.2) is 9.20 Å². The van der Waals surface area contributed by atoms with Crippen LogP contribution in [0.3, 0.4) is 0 Å². The molecule has 7 heteroatoms. The minimum atomic E-state index is -0.552. The van der Waals surface area contributed by atoms with Crippen LogP contribution in [-0.4, -0.2) is 25.3 Å². The van der Waals surface area contributed by atoms with Crippen LogP contribution in [0.25, 0.3) is 11.2 Å². The lowest BCUT2D eigenvalue weighted by Gasteiger charge is -2.11. The summed E-state index contributed by atoms with van der Waals surface area (Å²) in [6, 6.07) is 16.1. The lowest BCUT2D eigenvalue weighted by molar-refractivity contribution is 0.101. The van der Waals surface area contributed by atoms with E-state index in [0.29, 0.717) is 11.4 Å². The van der Waals surface area contributed by atoms with Crippen molar-refractivity contribution in [1.29, 1.82) is 0 Å². The minimum absolute atomic E-state index is 0.159. The number of para-hydroxylation sites is 1.